The van der Waals surface area contributed by atoms with Gasteiger partial charge in [-0.2, -0.15) is 30.0 Å². The van der Waals surface area contributed by atoms with Gasteiger partial charge < -0.3 is 10.4 Å². The fraction of sp³-hybridized carbons (Fsp3) is 0.148. The number of carboxylic acids is 1. The quantitative estimate of drug-likeness (QED) is 0.124. The number of nitrogens with one attached hydrogen (secondary N) is 1. The van der Waals surface area contributed by atoms with Crippen molar-refractivity contribution in [3.8, 4) is 5.82 Å². The number of benzene rings is 2. The molecule has 0 aliphatic carbocycles. The summed E-state index contributed by atoms with van der Waals surface area (Å²) in [5, 5.41) is 15.5. The molecule has 212 valence electrons. The summed E-state index contributed by atoms with van der Waals surface area (Å²) in [7, 11) is 0. The number of aliphatic carboxylic acids is 1. The largest absolute Gasteiger partial charge is 0.481 e. The molecular formula is C27H19ClF4N4O4S. The molecule has 0 bridgehead atoms. The number of pyridine rings is 1. The van der Waals surface area contributed by atoms with E-state index in [2.05, 4.69) is 15.4 Å². The normalized spacial score (nSPS) is 11.3. The van der Waals surface area contributed by atoms with Gasteiger partial charge in [-0.1, -0.05) is 23.7 Å². The van der Waals surface area contributed by atoms with E-state index in [-0.39, 0.29) is 34.3 Å². The number of carbonyl (C=O) groups is 3. The Balaban J connectivity index is 1.53. The summed E-state index contributed by atoms with van der Waals surface area (Å²) in [6, 6.07) is 11.2. The number of carboxylic acid groups (broad SMARTS) is 1. The van der Waals surface area contributed by atoms with Crippen LogP contribution in [0.1, 0.15) is 43.8 Å². The lowest BCUT2D eigenvalue weighted by atomic mass is 10.0. The van der Waals surface area contributed by atoms with Gasteiger partial charge in [-0.25, -0.2) is 14.1 Å². The Hall–Kier alpha value is -4.23. The number of ketones is 1. The summed E-state index contributed by atoms with van der Waals surface area (Å²) in [5.41, 5.74) is -0.125. The number of rotatable bonds is 10. The van der Waals surface area contributed by atoms with Gasteiger partial charge in [0.05, 0.1) is 29.4 Å². The number of halogens is 5. The summed E-state index contributed by atoms with van der Waals surface area (Å²) < 4.78 is 53.7. The molecule has 8 nitrogen and oxygen atoms in total. The number of hydrogen-bond donors (Lipinski definition) is 2. The Bertz CT molecular complexity index is 1630. The molecule has 1 amide bonds. The number of nitrogens with zero attached hydrogens (tertiary/aromatic N) is 3. The molecule has 41 heavy (non-hydrogen) atoms. The Morgan fingerprint density at radius 3 is 2.54 bits per heavy atom. The summed E-state index contributed by atoms with van der Waals surface area (Å²) in [6.07, 6.45) is -2.13. The van der Waals surface area contributed by atoms with E-state index in [1.54, 1.807) is 24.3 Å². The van der Waals surface area contributed by atoms with Crippen LogP contribution in [-0.4, -0.2) is 43.3 Å². The van der Waals surface area contributed by atoms with E-state index >= 15 is 0 Å². The summed E-state index contributed by atoms with van der Waals surface area (Å²) in [6.45, 7) is 0. The molecule has 0 atom stereocenters. The van der Waals surface area contributed by atoms with Gasteiger partial charge in [0.15, 0.2) is 17.4 Å². The maximum Gasteiger partial charge on any atom is 0.417 e. The van der Waals surface area contributed by atoms with E-state index in [4.69, 9.17) is 16.7 Å². The zero-order valence-electron chi connectivity index (χ0n) is 20.8. The fourth-order valence-electron chi connectivity index (χ4n) is 3.63. The third-order valence-electron chi connectivity index (χ3n) is 5.60. The third-order valence-corrected chi connectivity index (χ3v) is 6.87. The molecule has 0 aliphatic rings. The van der Waals surface area contributed by atoms with Crippen molar-refractivity contribution in [2.45, 2.75) is 18.3 Å². The lowest BCUT2D eigenvalue weighted by Crippen LogP contribution is -2.15. The topological polar surface area (TPSA) is 114 Å². The summed E-state index contributed by atoms with van der Waals surface area (Å²) >= 11 is 7.51. The van der Waals surface area contributed by atoms with Crippen LogP contribution in [0.15, 0.2) is 67.1 Å². The number of alkyl halides is 3. The van der Waals surface area contributed by atoms with Crippen molar-refractivity contribution in [1.82, 2.24) is 14.8 Å². The molecule has 0 aliphatic heterocycles. The highest BCUT2D eigenvalue weighted by Gasteiger charge is 2.32. The van der Waals surface area contributed by atoms with Crippen molar-refractivity contribution in [1.29, 1.82) is 0 Å². The highest BCUT2D eigenvalue weighted by Crippen LogP contribution is 2.30. The molecule has 4 rings (SSSR count). The van der Waals surface area contributed by atoms with Crippen LogP contribution < -0.4 is 5.32 Å². The number of amides is 1. The van der Waals surface area contributed by atoms with Crippen molar-refractivity contribution in [2.75, 3.05) is 11.1 Å². The van der Waals surface area contributed by atoms with Crippen LogP contribution in [0, 0.1) is 5.82 Å². The predicted molar refractivity (Wildman–Crippen MR) is 144 cm³/mol. The summed E-state index contributed by atoms with van der Waals surface area (Å²) in [5.74, 6) is -2.99. The molecule has 2 N–H and O–H groups in total. The highest BCUT2D eigenvalue weighted by atomic mass is 35.5. The first-order valence-corrected chi connectivity index (χ1v) is 13.3. The molecule has 2 heterocycles. The van der Waals surface area contributed by atoms with Gasteiger partial charge in [0.25, 0.3) is 5.91 Å². The van der Waals surface area contributed by atoms with Crippen molar-refractivity contribution < 1.29 is 37.1 Å². The lowest BCUT2D eigenvalue weighted by molar-refractivity contribution is -0.138. The molecule has 0 spiro atoms. The average Bonchev–Trinajstić information content (AvgIpc) is 3.41. The first-order valence-electron chi connectivity index (χ1n) is 11.7. The molecule has 0 saturated heterocycles. The van der Waals surface area contributed by atoms with Gasteiger partial charge in [0, 0.05) is 40.0 Å². The van der Waals surface area contributed by atoms with Gasteiger partial charge in [0.2, 0.25) is 0 Å². The van der Waals surface area contributed by atoms with Crippen LogP contribution in [0.3, 0.4) is 0 Å². The first-order chi connectivity index (χ1) is 19.4. The molecular weight excluding hydrogens is 588 g/mol. The van der Waals surface area contributed by atoms with E-state index in [0.717, 1.165) is 22.6 Å². The molecule has 4 aromatic rings. The molecule has 2 aromatic heterocycles. The maximum atomic E-state index is 14.4. The molecule has 0 fully saturated rings. The van der Waals surface area contributed by atoms with Crippen LogP contribution in [-0.2, 0) is 16.7 Å². The first kappa shape index (κ1) is 29.7. The number of hydrogen-bond acceptors (Lipinski definition) is 6. The Kier molecular flexibility index (Phi) is 9.08. The second-order valence-electron chi connectivity index (χ2n) is 8.57. The van der Waals surface area contributed by atoms with Gasteiger partial charge in [-0.3, -0.25) is 14.4 Å². The van der Waals surface area contributed by atoms with Crippen LogP contribution in [0.2, 0.25) is 5.02 Å². The molecule has 14 heteroatoms. The molecule has 0 saturated carbocycles. The van der Waals surface area contributed by atoms with Gasteiger partial charge in [0.1, 0.15) is 0 Å². The van der Waals surface area contributed by atoms with Crippen LogP contribution in [0.5, 0.6) is 0 Å². The number of anilines is 1. The lowest BCUT2D eigenvalue weighted by Gasteiger charge is -2.11. The third kappa shape index (κ3) is 7.50. The van der Waals surface area contributed by atoms with Crippen molar-refractivity contribution in [3.05, 3.63) is 106 Å². The predicted octanol–water partition coefficient (Wildman–Crippen LogP) is 6.27. The Morgan fingerprint density at radius 2 is 1.83 bits per heavy atom. The van der Waals surface area contributed by atoms with Crippen LogP contribution in [0.25, 0.3) is 5.82 Å². The fourth-order valence-corrected chi connectivity index (χ4v) is 4.68. The van der Waals surface area contributed by atoms with Crippen molar-refractivity contribution in [2.24, 2.45) is 0 Å². The number of thioether (sulfide) groups is 1. The van der Waals surface area contributed by atoms with E-state index in [1.807, 2.05) is 0 Å². The SMILES string of the molecule is O=C(O)CCSCc1cccc(C(=O)Nc2ccc(Cl)cc2C(=O)c2cnn(-c3ncc(C(F)(F)F)cc3F)c2)c1. The van der Waals surface area contributed by atoms with E-state index in [0.29, 0.717) is 23.3 Å². The Morgan fingerprint density at radius 1 is 1.05 bits per heavy atom. The number of aromatic nitrogens is 3. The minimum Gasteiger partial charge on any atom is -0.481 e. The molecule has 2 aromatic carbocycles. The van der Waals surface area contributed by atoms with E-state index < -0.39 is 41.0 Å². The number of carbonyl (C=O) groups excluding carboxylic acids is 2. The van der Waals surface area contributed by atoms with Gasteiger partial charge in [-0.15, -0.1) is 0 Å². The second kappa shape index (κ2) is 12.5. The van der Waals surface area contributed by atoms with E-state index in [9.17, 15) is 31.9 Å². The Labute approximate surface area is 239 Å². The van der Waals surface area contributed by atoms with Crippen molar-refractivity contribution in [3.63, 3.8) is 0 Å². The van der Waals surface area contributed by atoms with Crippen LogP contribution >= 0.6 is 23.4 Å². The zero-order chi connectivity index (χ0) is 29.7. The standard InChI is InChI=1S/C27H19ClF4N4O4S/c28-19-4-5-22(35-26(40)16-3-1-2-15(8-16)14-41-7-6-23(37)38)20(10-19)24(39)17-11-34-36(13-17)25-21(29)9-18(12-33-25)27(30,31)32/h1-5,8-13H,6-7,14H2,(H,35,40)(H,37,38). The highest BCUT2D eigenvalue weighted by molar-refractivity contribution is 7.98. The van der Waals surface area contributed by atoms with Gasteiger partial charge in [-0.05, 0) is 42.0 Å². The molecule has 0 unspecified atom stereocenters. The van der Waals surface area contributed by atoms with Crippen molar-refractivity contribution >= 4 is 46.7 Å². The smallest absolute Gasteiger partial charge is 0.417 e. The minimum atomic E-state index is -4.78. The van der Waals surface area contributed by atoms with Crippen LogP contribution in [0.4, 0.5) is 23.2 Å². The summed E-state index contributed by atoms with van der Waals surface area (Å²) in [4.78, 5) is 40.5. The monoisotopic (exact) mass is 606 g/mol. The zero-order valence-corrected chi connectivity index (χ0v) is 22.4. The van der Waals surface area contributed by atoms with E-state index in [1.165, 1.54) is 30.0 Å². The second-order valence-corrected chi connectivity index (χ2v) is 10.1. The molecule has 0 radical (unpaired) electrons. The minimum absolute atomic E-state index is 0.00775. The average molecular weight is 607 g/mol. The maximum absolute atomic E-state index is 14.4. The van der Waals surface area contributed by atoms with Gasteiger partial charge >= 0.3 is 12.1 Å².